The van der Waals surface area contributed by atoms with Crippen molar-refractivity contribution < 1.29 is 24.2 Å². The molecule has 3 N–H and O–H groups in total. The maximum Gasteiger partial charge on any atom is 0.244 e. The molecule has 0 saturated carbocycles. The van der Waals surface area contributed by atoms with Gasteiger partial charge in [-0.05, 0) is 63.3 Å². The van der Waals surface area contributed by atoms with E-state index >= 15 is 0 Å². The van der Waals surface area contributed by atoms with Gasteiger partial charge in [-0.25, -0.2) is 0 Å². The molecule has 3 saturated heterocycles. The number of nitrogens with one attached hydrogen (secondary N) is 2. The molecule has 0 aromatic heterocycles. The molecule has 1 aromatic carbocycles. The van der Waals surface area contributed by atoms with Gasteiger partial charge in [0.15, 0.2) is 0 Å². The number of likely N-dealkylation sites (tertiary alicyclic amines) is 1. The zero-order valence-electron chi connectivity index (χ0n) is 20.6. The Morgan fingerprint density at radius 1 is 1.17 bits per heavy atom. The van der Waals surface area contributed by atoms with Crippen molar-refractivity contribution in [3.63, 3.8) is 0 Å². The number of unbranched alkanes of at least 4 members (excludes halogenated alkanes) is 2. The first-order valence-electron chi connectivity index (χ1n) is 12.9. The van der Waals surface area contributed by atoms with Crippen molar-refractivity contribution in [2.24, 2.45) is 11.8 Å². The summed E-state index contributed by atoms with van der Waals surface area (Å²) >= 11 is 1.67. The number of hydrogen-bond acceptors (Lipinski definition) is 6. The molecular formula is C26H37N3O5S. The first-order chi connectivity index (χ1) is 17.0. The van der Waals surface area contributed by atoms with Crippen LogP contribution in [0.1, 0.15) is 52.4 Å². The second-order valence-corrected chi connectivity index (χ2v) is 11.2. The molecule has 2 unspecified atom stereocenters. The average Bonchev–Trinajstić information content (AvgIpc) is 3.48. The zero-order valence-corrected chi connectivity index (χ0v) is 21.4. The molecule has 8 nitrogen and oxygen atoms in total. The normalized spacial score (nSPS) is 28.8. The standard InChI is InChI=1S/C26H37N3O5S/c1-3-5-14-27-24(32)22-26-13-12-19(35-26)20(21(26)25(33)29(22)15-6-7-16-30)23(31)28-17-8-10-18(11-9-17)34-4-2/h8-11,19-22,30H,3-7,12-16H2,1-2H3,(H,27,32)(H,28,31)/t19-,20+,21+,22?,26?/m1/s1. The van der Waals surface area contributed by atoms with Gasteiger partial charge in [-0.15, -0.1) is 11.8 Å². The molecule has 3 fully saturated rings. The minimum absolute atomic E-state index is 0.0252. The van der Waals surface area contributed by atoms with E-state index in [-0.39, 0.29) is 29.6 Å². The van der Waals surface area contributed by atoms with E-state index < -0.39 is 22.6 Å². The van der Waals surface area contributed by atoms with Crippen molar-refractivity contribution in [3.05, 3.63) is 24.3 Å². The third kappa shape index (κ3) is 4.89. The molecule has 2 bridgehead atoms. The second-order valence-electron chi connectivity index (χ2n) is 9.61. The second kappa shape index (κ2) is 11.2. The summed E-state index contributed by atoms with van der Waals surface area (Å²) in [5, 5.41) is 15.3. The largest absolute Gasteiger partial charge is 0.494 e. The Labute approximate surface area is 211 Å². The minimum atomic E-state index is -0.575. The van der Waals surface area contributed by atoms with Crippen LogP contribution in [0.5, 0.6) is 5.75 Å². The number of anilines is 1. The topological polar surface area (TPSA) is 108 Å². The number of benzene rings is 1. The molecule has 1 spiro atoms. The van der Waals surface area contributed by atoms with Gasteiger partial charge in [-0.3, -0.25) is 14.4 Å². The van der Waals surface area contributed by atoms with Gasteiger partial charge in [0, 0.05) is 30.6 Å². The first kappa shape index (κ1) is 25.8. The molecule has 3 amide bonds. The van der Waals surface area contributed by atoms with E-state index in [0.717, 1.165) is 31.4 Å². The lowest BCUT2D eigenvalue weighted by Gasteiger charge is -2.34. The fourth-order valence-corrected chi connectivity index (χ4v) is 8.12. The SMILES string of the molecule is CCCCNC(=O)C1N(CCCCO)C(=O)[C@@H]2[C@@H](C(=O)Nc3ccc(OCC)cc3)[C@H]3CCC12S3. The number of amides is 3. The van der Waals surface area contributed by atoms with Crippen LogP contribution in [0.3, 0.4) is 0 Å². The van der Waals surface area contributed by atoms with E-state index in [1.165, 1.54) is 0 Å². The highest BCUT2D eigenvalue weighted by Crippen LogP contribution is 2.66. The van der Waals surface area contributed by atoms with Gasteiger partial charge in [0.25, 0.3) is 0 Å². The molecule has 3 heterocycles. The number of carbonyl (C=O) groups is 3. The third-order valence-electron chi connectivity index (χ3n) is 7.42. The van der Waals surface area contributed by atoms with Crippen LogP contribution in [0.4, 0.5) is 5.69 Å². The molecular weight excluding hydrogens is 466 g/mol. The molecule has 35 heavy (non-hydrogen) atoms. The lowest BCUT2D eigenvalue weighted by Crippen LogP contribution is -2.53. The molecule has 0 radical (unpaired) electrons. The zero-order chi connectivity index (χ0) is 25.0. The quantitative estimate of drug-likeness (QED) is 0.379. The van der Waals surface area contributed by atoms with Gasteiger partial charge >= 0.3 is 0 Å². The first-order valence-corrected chi connectivity index (χ1v) is 13.7. The summed E-state index contributed by atoms with van der Waals surface area (Å²) in [6.07, 6.45) is 4.63. The summed E-state index contributed by atoms with van der Waals surface area (Å²) in [5.41, 5.74) is 0.666. The number of fused-ring (bicyclic) bond motifs is 1. The van der Waals surface area contributed by atoms with E-state index in [1.54, 1.807) is 28.8 Å². The molecule has 0 aliphatic carbocycles. The van der Waals surface area contributed by atoms with E-state index in [9.17, 15) is 19.5 Å². The van der Waals surface area contributed by atoms with Gasteiger partial charge in [0.05, 0.1) is 23.2 Å². The number of rotatable bonds is 12. The Morgan fingerprint density at radius 3 is 2.63 bits per heavy atom. The van der Waals surface area contributed by atoms with Crippen molar-refractivity contribution in [1.29, 1.82) is 0 Å². The Bertz CT molecular complexity index is 926. The fourth-order valence-electron chi connectivity index (χ4n) is 5.90. The number of ether oxygens (including phenoxy) is 1. The van der Waals surface area contributed by atoms with Gasteiger partial charge in [0.1, 0.15) is 11.8 Å². The fraction of sp³-hybridized carbons (Fsp3) is 0.654. The summed E-state index contributed by atoms with van der Waals surface area (Å²) in [6.45, 7) is 5.61. The summed E-state index contributed by atoms with van der Waals surface area (Å²) in [5.74, 6) is -0.610. The van der Waals surface area contributed by atoms with Crippen LogP contribution in [-0.2, 0) is 14.4 Å². The average molecular weight is 504 g/mol. The van der Waals surface area contributed by atoms with E-state index in [0.29, 0.717) is 38.2 Å². The van der Waals surface area contributed by atoms with E-state index in [4.69, 9.17) is 4.74 Å². The number of carbonyl (C=O) groups excluding carboxylic acids is 3. The maximum atomic E-state index is 13.8. The van der Waals surface area contributed by atoms with Gasteiger partial charge < -0.3 is 25.4 Å². The summed E-state index contributed by atoms with van der Waals surface area (Å²) < 4.78 is 4.91. The van der Waals surface area contributed by atoms with Crippen molar-refractivity contribution in [2.75, 3.05) is 31.6 Å². The number of thioether (sulfide) groups is 1. The number of aliphatic hydroxyl groups is 1. The van der Waals surface area contributed by atoms with Crippen LogP contribution in [0, 0.1) is 11.8 Å². The highest BCUT2D eigenvalue weighted by atomic mass is 32.2. The summed E-state index contributed by atoms with van der Waals surface area (Å²) in [6, 6.07) is 6.67. The van der Waals surface area contributed by atoms with Crippen LogP contribution in [-0.4, -0.2) is 70.1 Å². The van der Waals surface area contributed by atoms with E-state index in [2.05, 4.69) is 17.6 Å². The van der Waals surface area contributed by atoms with Crippen LogP contribution in [0.2, 0.25) is 0 Å². The molecule has 1 aromatic rings. The number of hydrogen-bond donors (Lipinski definition) is 3. The number of aliphatic hydroxyl groups excluding tert-OH is 1. The smallest absolute Gasteiger partial charge is 0.244 e. The molecule has 192 valence electrons. The highest BCUT2D eigenvalue weighted by Gasteiger charge is 2.73. The Hall–Kier alpha value is -2.26. The Kier molecular flexibility index (Phi) is 8.27. The Morgan fingerprint density at radius 2 is 1.94 bits per heavy atom. The molecule has 5 atom stereocenters. The highest BCUT2D eigenvalue weighted by molar-refractivity contribution is 8.02. The monoisotopic (exact) mass is 503 g/mol. The van der Waals surface area contributed by atoms with E-state index in [1.807, 2.05) is 19.1 Å². The summed E-state index contributed by atoms with van der Waals surface area (Å²) in [7, 11) is 0. The molecule has 3 aliphatic rings. The van der Waals surface area contributed by atoms with Crippen molar-refractivity contribution in [2.45, 2.75) is 68.4 Å². The Balaban J connectivity index is 1.56. The maximum absolute atomic E-state index is 13.8. The predicted molar refractivity (Wildman–Crippen MR) is 136 cm³/mol. The number of nitrogens with zero attached hydrogens (tertiary/aromatic N) is 1. The van der Waals surface area contributed by atoms with Gasteiger partial charge in [0.2, 0.25) is 17.7 Å². The minimum Gasteiger partial charge on any atom is -0.494 e. The van der Waals surface area contributed by atoms with Crippen molar-refractivity contribution >= 4 is 35.2 Å². The van der Waals surface area contributed by atoms with Crippen LogP contribution >= 0.6 is 11.8 Å². The van der Waals surface area contributed by atoms with Gasteiger partial charge in [-0.1, -0.05) is 13.3 Å². The third-order valence-corrected chi connectivity index (χ3v) is 9.37. The molecule has 4 rings (SSSR count). The van der Waals surface area contributed by atoms with Crippen LogP contribution in [0.25, 0.3) is 0 Å². The molecule has 9 heteroatoms. The summed E-state index contributed by atoms with van der Waals surface area (Å²) in [4.78, 5) is 42.4. The van der Waals surface area contributed by atoms with Crippen molar-refractivity contribution in [3.8, 4) is 5.75 Å². The lowest BCUT2D eigenvalue weighted by atomic mass is 9.70. The lowest BCUT2D eigenvalue weighted by molar-refractivity contribution is -0.139. The molecule has 3 aliphatic heterocycles. The van der Waals surface area contributed by atoms with Crippen LogP contribution < -0.4 is 15.4 Å². The van der Waals surface area contributed by atoms with Gasteiger partial charge in [-0.2, -0.15) is 0 Å². The predicted octanol–water partition coefficient (Wildman–Crippen LogP) is 2.80. The van der Waals surface area contributed by atoms with Crippen molar-refractivity contribution in [1.82, 2.24) is 10.2 Å². The van der Waals surface area contributed by atoms with Crippen LogP contribution in [0.15, 0.2) is 24.3 Å².